The third kappa shape index (κ3) is 1.70. The van der Waals surface area contributed by atoms with Crippen molar-refractivity contribution < 1.29 is 9.72 Å². The maximum absolute atomic E-state index is 10.9. The first-order valence-corrected chi connectivity index (χ1v) is 4.60. The molecular formula is C11H8N2O3. The summed E-state index contributed by atoms with van der Waals surface area (Å²) in [5, 5.41) is 10.5. The molecule has 0 spiro atoms. The molecule has 0 unspecified atom stereocenters. The number of aromatic amines is 1. The summed E-state index contributed by atoms with van der Waals surface area (Å²) in [4.78, 5) is 23.8. The predicted molar refractivity (Wildman–Crippen MR) is 58.3 cm³/mol. The highest BCUT2D eigenvalue weighted by Gasteiger charge is 2.11. The number of carbonyl (C=O) groups excluding carboxylic acids is 1. The highest BCUT2D eigenvalue weighted by Crippen LogP contribution is 2.24. The average Bonchev–Trinajstić information content (AvgIpc) is 2.81. The minimum atomic E-state index is -0.522. The summed E-state index contributed by atoms with van der Waals surface area (Å²) >= 11 is 0. The van der Waals surface area contributed by atoms with Crippen LogP contribution in [-0.4, -0.2) is 16.2 Å². The number of hydrogen-bond donors (Lipinski definition) is 1. The first-order chi connectivity index (χ1) is 7.72. The third-order valence-electron chi connectivity index (χ3n) is 2.26. The van der Waals surface area contributed by atoms with Crippen LogP contribution in [0.25, 0.3) is 11.3 Å². The van der Waals surface area contributed by atoms with E-state index in [1.165, 1.54) is 12.1 Å². The van der Waals surface area contributed by atoms with E-state index in [1.54, 1.807) is 24.4 Å². The molecule has 0 saturated carbocycles. The zero-order valence-electron chi connectivity index (χ0n) is 8.21. The van der Waals surface area contributed by atoms with Crippen LogP contribution in [0.5, 0.6) is 0 Å². The van der Waals surface area contributed by atoms with Gasteiger partial charge in [-0.2, -0.15) is 0 Å². The lowest BCUT2D eigenvalue weighted by molar-refractivity contribution is -0.384. The fourth-order valence-electron chi connectivity index (χ4n) is 1.50. The minimum absolute atomic E-state index is 0.0857. The highest BCUT2D eigenvalue weighted by molar-refractivity contribution is 5.87. The van der Waals surface area contributed by atoms with Crippen molar-refractivity contribution in [1.82, 2.24) is 4.98 Å². The lowest BCUT2D eigenvalue weighted by Gasteiger charge is -2.01. The van der Waals surface area contributed by atoms with Crippen LogP contribution >= 0.6 is 0 Å². The predicted octanol–water partition coefficient (Wildman–Crippen LogP) is 2.40. The number of nitrogens with zero attached hydrogens (tertiary/aromatic N) is 1. The number of nitro benzene ring substituents is 1. The molecule has 0 aliphatic carbocycles. The first kappa shape index (κ1) is 10.1. The van der Waals surface area contributed by atoms with Crippen LogP contribution in [0, 0.1) is 10.1 Å². The Hall–Kier alpha value is -2.43. The molecule has 1 N–H and O–H groups in total. The molecule has 0 saturated heterocycles. The zero-order valence-corrected chi connectivity index (χ0v) is 8.21. The van der Waals surface area contributed by atoms with E-state index in [2.05, 4.69) is 4.98 Å². The van der Waals surface area contributed by atoms with Crippen molar-refractivity contribution in [3.63, 3.8) is 0 Å². The monoisotopic (exact) mass is 216 g/mol. The molecule has 2 rings (SSSR count). The summed E-state index contributed by atoms with van der Waals surface area (Å²) in [5.41, 5.74) is 1.64. The number of rotatable bonds is 3. The molecule has 16 heavy (non-hydrogen) atoms. The maximum Gasteiger partial charge on any atom is 0.270 e. The van der Waals surface area contributed by atoms with Gasteiger partial charge >= 0.3 is 0 Å². The van der Waals surface area contributed by atoms with Crippen molar-refractivity contribution in [2.75, 3.05) is 0 Å². The number of nitro groups is 1. The van der Waals surface area contributed by atoms with Gasteiger partial charge in [-0.05, 0) is 18.2 Å². The van der Waals surface area contributed by atoms with Crippen LogP contribution in [-0.2, 0) is 0 Å². The Morgan fingerprint density at radius 3 is 2.69 bits per heavy atom. The molecule has 0 aliphatic heterocycles. The minimum Gasteiger partial charge on any atom is -0.361 e. The van der Waals surface area contributed by atoms with Crippen LogP contribution in [0.4, 0.5) is 5.69 Å². The van der Waals surface area contributed by atoms with E-state index in [9.17, 15) is 14.9 Å². The van der Waals surface area contributed by atoms with Gasteiger partial charge in [0.05, 0.1) is 4.92 Å². The van der Waals surface area contributed by atoms with Crippen LogP contribution in [0.3, 0.4) is 0 Å². The zero-order chi connectivity index (χ0) is 11.5. The number of non-ortho nitro benzene ring substituents is 1. The Balaban J connectivity index is 2.56. The number of carbonyl (C=O) groups is 1. The second-order valence-electron chi connectivity index (χ2n) is 3.23. The van der Waals surface area contributed by atoms with Crippen molar-refractivity contribution in [2.24, 2.45) is 0 Å². The van der Waals surface area contributed by atoms with Crippen LogP contribution in [0.2, 0.25) is 0 Å². The first-order valence-electron chi connectivity index (χ1n) is 4.60. The van der Waals surface area contributed by atoms with E-state index in [4.69, 9.17) is 0 Å². The van der Waals surface area contributed by atoms with Gasteiger partial charge in [0.15, 0.2) is 6.29 Å². The summed E-state index contributed by atoms with van der Waals surface area (Å²) in [5.74, 6) is 0. The third-order valence-corrected chi connectivity index (χ3v) is 2.26. The summed E-state index contributed by atoms with van der Waals surface area (Å²) in [7, 11) is 0. The van der Waals surface area contributed by atoms with Crippen LogP contribution in [0.15, 0.2) is 36.5 Å². The Labute approximate surface area is 90.9 Å². The van der Waals surface area contributed by atoms with Gasteiger partial charge in [0.1, 0.15) is 0 Å². The molecule has 1 heterocycles. The Bertz CT molecular complexity index is 532. The Morgan fingerprint density at radius 2 is 2.12 bits per heavy atom. The van der Waals surface area contributed by atoms with Crippen molar-refractivity contribution in [3.05, 3.63) is 52.2 Å². The van der Waals surface area contributed by atoms with Gasteiger partial charge in [-0.25, -0.2) is 0 Å². The fraction of sp³-hybridized carbons (Fsp3) is 0. The fourth-order valence-corrected chi connectivity index (χ4v) is 1.50. The summed E-state index contributed by atoms with van der Waals surface area (Å²) in [6.07, 6.45) is 2.34. The molecular weight excluding hydrogens is 208 g/mol. The van der Waals surface area contributed by atoms with Crippen molar-refractivity contribution in [1.29, 1.82) is 0 Å². The highest BCUT2D eigenvalue weighted by atomic mass is 16.6. The van der Waals surface area contributed by atoms with E-state index in [0.29, 0.717) is 17.4 Å². The van der Waals surface area contributed by atoms with Gasteiger partial charge in [-0.3, -0.25) is 14.9 Å². The van der Waals surface area contributed by atoms with Crippen molar-refractivity contribution in [3.8, 4) is 11.3 Å². The topological polar surface area (TPSA) is 76.0 Å². The number of nitrogens with one attached hydrogen (secondary N) is 1. The summed E-state index contributed by atoms with van der Waals surface area (Å²) in [6.45, 7) is 0. The molecule has 5 heteroatoms. The summed E-state index contributed by atoms with van der Waals surface area (Å²) in [6, 6.07) is 7.81. The average molecular weight is 216 g/mol. The standard InChI is InChI=1S/C11H8N2O3/c14-7-8-6-9(13(15)16)3-4-10(8)11-2-1-5-12-11/h1-7,12H. The SMILES string of the molecule is O=Cc1cc([N+](=O)[O-])ccc1-c1ccc[nH]1. The van der Waals surface area contributed by atoms with Crippen molar-refractivity contribution in [2.45, 2.75) is 0 Å². The van der Waals surface area contributed by atoms with Crippen LogP contribution < -0.4 is 0 Å². The smallest absolute Gasteiger partial charge is 0.270 e. The maximum atomic E-state index is 10.9. The number of H-pyrrole nitrogens is 1. The van der Waals surface area contributed by atoms with Gasteiger partial charge in [0, 0.05) is 35.2 Å². The van der Waals surface area contributed by atoms with Gasteiger partial charge < -0.3 is 4.98 Å². The van der Waals surface area contributed by atoms with E-state index in [1.807, 2.05) is 0 Å². The number of hydrogen-bond acceptors (Lipinski definition) is 3. The van der Waals surface area contributed by atoms with Gasteiger partial charge in [0.2, 0.25) is 0 Å². The lowest BCUT2D eigenvalue weighted by atomic mass is 10.1. The van der Waals surface area contributed by atoms with Gasteiger partial charge in [-0.15, -0.1) is 0 Å². The molecule has 2 aromatic rings. The molecule has 5 nitrogen and oxygen atoms in total. The number of aromatic nitrogens is 1. The van der Waals surface area contributed by atoms with E-state index < -0.39 is 4.92 Å². The molecule has 0 atom stereocenters. The Morgan fingerprint density at radius 1 is 1.31 bits per heavy atom. The normalized spacial score (nSPS) is 10.0. The molecule has 80 valence electrons. The van der Waals surface area contributed by atoms with Crippen LogP contribution in [0.1, 0.15) is 10.4 Å². The molecule has 0 bridgehead atoms. The number of benzene rings is 1. The lowest BCUT2D eigenvalue weighted by Crippen LogP contribution is -1.93. The second-order valence-corrected chi connectivity index (χ2v) is 3.23. The van der Waals surface area contributed by atoms with E-state index in [0.717, 1.165) is 5.69 Å². The van der Waals surface area contributed by atoms with Crippen molar-refractivity contribution >= 4 is 12.0 Å². The van der Waals surface area contributed by atoms with E-state index >= 15 is 0 Å². The second kappa shape index (κ2) is 3.98. The van der Waals surface area contributed by atoms with Gasteiger partial charge in [-0.1, -0.05) is 0 Å². The molecule has 1 aromatic heterocycles. The van der Waals surface area contributed by atoms with E-state index in [-0.39, 0.29) is 5.69 Å². The van der Waals surface area contributed by atoms with Gasteiger partial charge in [0.25, 0.3) is 5.69 Å². The molecule has 0 fully saturated rings. The number of aldehydes is 1. The molecule has 0 aliphatic rings. The molecule has 0 amide bonds. The summed E-state index contributed by atoms with van der Waals surface area (Å²) < 4.78 is 0. The molecule has 1 aromatic carbocycles. The largest absolute Gasteiger partial charge is 0.361 e. The molecule has 0 radical (unpaired) electrons. The quantitative estimate of drug-likeness (QED) is 0.486. The Kier molecular flexibility index (Phi) is 2.51.